The van der Waals surface area contributed by atoms with Gasteiger partial charge in [0.25, 0.3) is 0 Å². The molecule has 0 aliphatic carbocycles. The lowest BCUT2D eigenvalue weighted by atomic mass is 10.1. The van der Waals surface area contributed by atoms with Gasteiger partial charge in [-0.25, -0.2) is 4.39 Å². The molecule has 0 amide bonds. The standard InChI is InChI=1S/C14H17FN2O2/c1-2-7-17(8-6-14(18)19)13(10-16)11-4-3-5-12(15)9-11/h3-5,9,13H,2,6-8H2,1H3,(H,18,19). The highest BCUT2D eigenvalue weighted by molar-refractivity contribution is 5.66. The Bertz CT molecular complexity index is 471. The van der Waals surface area contributed by atoms with Gasteiger partial charge in [-0.15, -0.1) is 0 Å². The van der Waals surface area contributed by atoms with E-state index in [4.69, 9.17) is 5.11 Å². The molecule has 19 heavy (non-hydrogen) atoms. The molecule has 1 atom stereocenters. The second-order valence-corrected chi connectivity index (χ2v) is 4.27. The van der Waals surface area contributed by atoms with Crippen LogP contribution in [0.15, 0.2) is 24.3 Å². The third-order valence-corrected chi connectivity index (χ3v) is 2.78. The molecule has 0 spiro atoms. The van der Waals surface area contributed by atoms with Crippen molar-refractivity contribution in [3.05, 3.63) is 35.6 Å². The molecule has 102 valence electrons. The van der Waals surface area contributed by atoms with Gasteiger partial charge in [-0.3, -0.25) is 9.69 Å². The largest absolute Gasteiger partial charge is 0.481 e. The average molecular weight is 264 g/mol. The van der Waals surface area contributed by atoms with Gasteiger partial charge < -0.3 is 5.11 Å². The Hall–Kier alpha value is -1.93. The number of halogens is 1. The van der Waals surface area contributed by atoms with Crippen molar-refractivity contribution in [1.82, 2.24) is 4.90 Å². The van der Waals surface area contributed by atoms with Crippen LogP contribution in [-0.2, 0) is 4.79 Å². The molecule has 1 N–H and O–H groups in total. The Morgan fingerprint density at radius 2 is 2.26 bits per heavy atom. The maximum atomic E-state index is 13.2. The first kappa shape index (κ1) is 15.1. The summed E-state index contributed by atoms with van der Waals surface area (Å²) in [5, 5.41) is 18.0. The van der Waals surface area contributed by atoms with Crippen molar-refractivity contribution >= 4 is 5.97 Å². The van der Waals surface area contributed by atoms with Crippen molar-refractivity contribution in [2.24, 2.45) is 0 Å². The summed E-state index contributed by atoms with van der Waals surface area (Å²) in [4.78, 5) is 12.4. The van der Waals surface area contributed by atoms with Crippen LogP contribution in [-0.4, -0.2) is 29.1 Å². The van der Waals surface area contributed by atoms with Crippen molar-refractivity contribution in [2.45, 2.75) is 25.8 Å². The van der Waals surface area contributed by atoms with E-state index in [9.17, 15) is 14.4 Å². The third kappa shape index (κ3) is 4.68. The topological polar surface area (TPSA) is 64.3 Å². The van der Waals surface area contributed by atoms with E-state index < -0.39 is 17.8 Å². The normalized spacial score (nSPS) is 12.1. The highest BCUT2D eigenvalue weighted by atomic mass is 19.1. The summed E-state index contributed by atoms with van der Waals surface area (Å²) in [7, 11) is 0. The predicted molar refractivity (Wildman–Crippen MR) is 68.9 cm³/mol. The minimum Gasteiger partial charge on any atom is -0.481 e. The van der Waals surface area contributed by atoms with Crippen LogP contribution in [0, 0.1) is 17.1 Å². The molecule has 0 saturated carbocycles. The molecule has 1 aromatic carbocycles. The first-order valence-corrected chi connectivity index (χ1v) is 6.19. The van der Waals surface area contributed by atoms with E-state index >= 15 is 0 Å². The van der Waals surface area contributed by atoms with Crippen LogP contribution in [0.4, 0.5) is 4.39 Å². The summed E-state index contributed by atoms with van der Waals surface area (Å²) >= 11 is 0. The molecule has 4 nitrogen and oxygen atoms in total. The van der Waals surface area contributed by atoms with Gasteiger partial charge in [-0.1, -0.05) is 19.1 Å². The summed E-state index contributed by atoms with van der Waals surface area (Å²) in [6, 6.07) is 7.37. The third-order valence-electron chi connectivity index (χ3n) is 2.78. The first-order valence-electron chi connectivity index (χ1n) is 6.19. The van der Waals surface area contributed by atoms with Crippen LogP contribution in [0.2, 0.25) is 0 Å². The molecule has 0 fully saturated rings. The zero-order valence-electron chi connectivity index (χ0n) is 10.8. The summed E-state index contributed by atoms with van der Waals surface area (Å²) < 4.78 is 13.2. The second-order valence-electron chi connectivity index (χ2n) is 4.27. The maximum absolute atomic E-state index is 13.2. The molecule has 0 saturated heterocycles. The number of carboxylic acid groups (broad SMARTS) is 1. The minimum absolute atomic E-state index is 0.0342. The van der Waals surface area contributed by atoms with E-state index in [2.05, 4.69) is 6.07 Å². The van der Waals surface area contributed by atoms with E-state index in [1.807, 2.05) is 6.92 Å². The number of hydrogen-bond acceptors (Lipinski definition) is 3. The van der Waals surface area contributed by atoms with Crippen molar-refractivity contribution in [3.8, 4) is 6.07 Å². The van der Waals surface area contributed by atoms with Gasteiger partial charge in [0.05, 0.1) is 12.5 Å². The SMILES string of the molecule is CCCN(CCC(=O)O)C(C#N)c1cccc(F)c1. The molecule has 0 heterocycles. The van der Waals surface area contributed by atoms with E-state index in [1.54, 1.807) is 17.0 Å². The molecular formula is C14H17FN2O2. The van der Waals surface area contributed by atoms with Gasteiger partial charge >= 0.3 is 5.97 Å². The molecular weight excluding hydrogens is 247 g/mol. The summed E-state index contributed by atoms with van der Waals surface area (Å²) in [5.74, 6) is -1.30. The summed E-state index contributed by atoms with van der Waals surface area (Å²) in [5.41, 5.74) is 0.557. The number of rotatable bonds is 7. The average Bonchev–Trinajstić information content (AvgIpc) is 2.37. The van der Waals surface area contributed by atoms with Gasteiger partial charge in [0, 0.05) is 6.54 Å². The Balaban J connectivity index is 2.90. The van der Waals surface area contributed by atoms with Crippen molar-refractivity contribution in [3.63, 3.8) is 0 Å². The van der Waals surface area contributed by atoms with Gasteiger partial charge in [0.1, 0.15) is 11.9 Å². The molecule has 0 aliphatic heterocycles. The Morgan fingerprint density at radius 3 is 2.79 bits per heavy atom. The quantitative estimate of drug-likeness (QED) is 0.822. The van der Waals surface area contributed by atoms with Crippen molar-refractivity contribution in [2.75, 3.05) is 13.1 Å². The van der Waals surface area contributed by atoms with Gasteiger partial charge in [0.15, 0.2) is 0 Å². The number of nitriles is 1. The minimum atomic E-state index is -0.906. The monoisotopic (exact) mass is 264 g/mol. The molecule has 1 rings (SSSR count). The second kappa shape index (κ2) is 7.49. The zero-order valence-corrected chi connectivity index (χ0v) is 10.8. The lowest BCUT2D eigenvalue weighted by Gasteiger charge is -2.26. The smallest absolute Gasteiger partial charge is 0.304 e. The fourth-order valence-corrected chi connectivity index (χ4v) is 1.94. The zero-order chi connectivity index (χ0) is 14.3. The van der Waals surface area contributed by atoms with E-state index in [0.717, 1.165) is 6.42 Å². The number of nitrogens with zero attached hydrogens (tertiary/aromatic N) is 2. The number of benzene rings is 1. The highest BCUT2D eigenvalue weighted by Crippen LogP contribution is 2.21. The van der Waals surface area contributed by atoms with Gasteiger partial charge in [0.2, 0.25) is 0 Å². The van der Waals surface area contributed by atoms with E-state index in [0.29, 0.717) is 12.1 Å². The lowest BCUT2D eigenvalue weighted by Crippen LogP contribution is -2.31. The predicted octanol–water partition coefficient (Wildman–Crippen LogP) is 2.58. The van der Waals surface area contributed by atoms with Crippen LogP contribution >= 0.6 is 0 Å². The van der Waals surface area contributed by atoms with Crippen LogP contribution in [0.5, 0.6) is 0 Å². The summed E-state index contributed by atoms with van der Waals surface area (Å²) in [6.07, 6.45) is 0.764. The Kier molecular flexibility index (Phi) is 5.97. The van der Waals surface area contributed by atoms with Crippen molar-refractivity contribution < 1.29 is 14.3 Å². The molecule has 1 unspecified atom stereocenters. The lowest BCUT2D eigenvalue weighted by molar-refractivity contribution is -0.137. The Morgan fingerprint density at radius 1 is 1.53 bits per heavy atom. The molecule has 5 heteroatoms. The van der Waals surface area contributed by atoms with Crippen LogP contribution < -0.4 is 0 Å². The molecule has 0 aliphatic rings. The van der Waals surface area contributed by atoms with Gasteiger partial charge in [-0.05, 0) is 30.7 Å². The van der Waals surface area contributed by atoms with E-state index in [-0.39, 0.29) is 13.0 Å². The number of hydrogen-bond donors (Lipinski definition) is 1. The highest BCUT2D eigenvalue weighted by Gasteiger charge is 2.20. The van der Waals surface area contributed by atoms with Crippen LogP contribution in [0.3, 0.4) is 0 Å². The maximum Gasteiger partial charge on any atom is 0.304 e. The number of carbonyl (C=O) groups is 1. The molecule has 0 aromatic heterocycles. The van der Waals surface area contributed by atoms with Crippen molar-refractivity contribution in [1.29, 1.82) is 5.26 Å². The summed E-state index contributed by atoms with van der Waals surface area (Å²) in [6.45, 7) is 2.83. The van der Waals surface area contributed by atoms with Gasteiger partial charge in [-0.2, -0.15) is 5.26 Å². The number of aliphatic carboxylic acids is 1. The fraction of sp³-hybridized carbons (Fsp3) is 0.429. The number of carboxylic acids is 1. The molecule has 1 aromatic rings. The van der Waals surface area contributed by atoms with Crippen LogP contribution in [0.1, 0.15) is 31.4 Å². The van der Waals surface area contributed by atoms with Crippen LogP contribution in [0.25, 0.3) is 0 Å². The molecule has 0 radical (unpaired) electrons. The first-order chi connectivity index (χ1) is 9.08. The Labute approximate surface area is 112 Å². The van der Waals surface area contributed by atoms with E-state index in [1.165, 1.54) is 12.1 Å². The fourth-order valence-electron chi connectivity index (χ4n) is 1.94. The molecule has 0 bridgehead atoms.